The number of rotatable bonds is 6. The summed E-state index contributed by atoms with van der Waals surface area (Å²) in [5.74, 6) is -0.499. The van der Waals surface area contributed by atoms with Crippen LogP contribution in [0.25, 0.3) is 0 Å². The van der Waals surface area contributed by atoms with Crippen molar-refractivity contribution in [3.63, 3.8) is 0 Å². The van der Waals surface area contributed by atoms with Crippen molar-refractivity contribution in [2.24, 2.45) is 0 Å². The highest BCUT2D eigenvalue weighted by atomic mass is 32.2. The van der Waals surface area contributed by atoms with E-state index in [2.05, 4.69) is 0 Å². The van der Waals surface area contributed by atoms with Crippen molar-refractivity contribution in [1.82, 2.24) is 0 Å². The Morgan fingerprint density at radius 3 is 2.07 bits per heavy atom. The van der Waals surface area contributed by atoms with Crippen LogP contribution in [0.3, 0.4) is 0 Å². The van der Waals surface area contributed by atoms with E-state index in [1.54, 1.807) is 37.3 Å². The molecular weight excluding hydrogens is 384 g/mol. The molecule has 0 fully saturated rings. The lowest BCUT2D eigenvalue weighted by molar-refractivity contribution is 0.415. The zero-order chi connectivity index (χ0) is 20.3. The first kappa shape index (κ1) is 19.8. The minimum Gasteiger partial charge on any atom is -0.497 e. The number of hydrogen-bond acceptors (Lipinski definition) is 3. The molecule has 0 spiro atoms. The molecule has 3 aromatic carbocycles. The average molecular weight is 403 g/mol. The molecular formula is C21H19F2NO3S. The topological polar surface area (TPSA) is 46.6 Å². The van der Waals surface area contributed by atoms with Gasteiger partial charge in [0.1, 0.15) is 17.4 Å². The van der Waals surface area contributed by atoms with Crippen molar-refractivity contribution in [1.29, 1.82) is 0 Å². The summed E-state index contributed by atoms with van der Waals surface area (Å²) in [6.45, 7) is 1.60. The third kappa shape index (κ3) is 3.84. The summed E-state index contributed by atoms with van der Waals surface area (Å²) in [5, 5.41) is 0. The van der Waals surface area contributed by atoms with Gasteiger partial charge in [0.25, 0.3) is 10.0 Å². The van der Waals surface area contributed by atoms with Gasteiger partial charge in [0.15, 0.2) is 0 Å². The lowest BCUT2D eigenvalue weighted by Crippen LogP contribution is -2.34. The second-order valence-corrected chi connectivity index (χ2v) is 7.97. The Morgan fingerprint density at radius 1 is 0.893 bits per heavy atom. The molecule has 0 amide bonds. The second-order valence-electron chi connectivity index (χ2n) is 6.15. The first-order valence-corrected chi connectivity index (χ1v) is 9.97. The van der Waals surface area contributed by atoms with E-state index < -0.39 is 27.7 Å². The van der Waals surface area contributed by atoms with Gasteiger partial charge in [-0.1, -0.05) is 18.2 Å². The highest BCUT2D eigenvalue weighted by Crippen LogP contribution is 2.35. The van der Waals surface area contributed by atoms with Crippen molar-refractivity contribution < 1.29 is 21.9 Å². The molecule has 0 heterocycles. The molecule has 0 N–H and O–H groups in total. The first-order valence-electron chi connectivity index (χ1n) is 8.53. The maximum Gasteiger partial charge on any atom is 0.264 e. The van der Waals surface area contributed by atoms with Crippen LogP contribution in [-0.4, -0.2) is 15.5 Å². The number of methoxy groups -OCH3 is 1. The number of halogens is 2. The molecule has 3 aromatic rings. The molecule has 0 saturated heterocycles. The van der Waals surface area contributed by atoms with Gasteiger partial charge < -0.3 is 4.74 Å². The van der Waals surface area contributed by atoms with Gasteiger partial charge in [-0.2, -0.15) is 0 Å². The maximum absolute atomic E-state index is 14.4. The smallest absolute Gasteiger partial charge is 0.264 e. The number of nitrogens with zero attached hydrogens (tertiary/aromatic N) is 1. The van der Waals surface area contributed by atoms with Crippen LogP contribution < -0.4 is 9.04 Å². The van der Waals surface area contributed by atoms with E-state index in [9.17, 15) is 17.2 Å². The average Bonchev–Trinajstić information content (AvgIpc) is 2.69. The Kier molecular flexibility index (Phi) is 5.65. The van der Waals surface area contributed by atoms with Gasteiger partial charge in [-0.3, -0.25) is 4.31 Å². The summed E-state index contributed by atoms with van der Waals surface area (Å²) in [6.07, 6.45) is 0. The minimum atomic E-state index is -4.10. The summed E-state index contributed by atoms with van der Waals surface area (Å²) in [7, 11) is -2.59. The number of ether oxygens (including phenoxy) is 1. The third-order valence-corrected chi connectivity index (χ3v) is 6.32. The summed E-state index contributed by atoms with van der Waals surface area (Å²) in [5.41, 5.74) is 0.560. The Labute approximate surface area is 163 Å². The molecule has 28 heavy (non-hydrogen) atoms. The number of benzene rings is 3. The number of hydrogen-bond donors (Lipinski definition) is 0. The van der Waals surface area contributed by atoms with Crippen LogP contribution >= 0.6 is 0 Å². The van der Waals surface area contributed by atoms with Crippen molar-refractivity contribution in [3.05, 3.63) is 90.0 Å². The fourth-order valence-electron chi connectivity index (χ4n) is 2.96. The molecule has 1 unspecified atom stereocenters. The van der Waals surface area contributed by atoms with Gasteiger partial charge in [0.05, 0.1) is 23.7 Å². The Hall–Kier alpha value is -2.93. The molecule has 1 atom stereocenters. The lowest BCUT2D eigenvalue weighted by Gasteiger charge is -2.31. The summed E-state index contributed by atoms with van der Waals surface area (Å²) < 4.78 is 60.7. The molecule has 0 bridgehead atoms. The van der Waals surface area contributed by atoms with E-state index in [1.165, 1.54) is 37.4 Å². The molecule has 0 radical (unpaired) electrons. The molecule has 146 valence electrons. The van der Waals surface area contributed by atoms with Crippen LogP contribution in [0.5, 0.6) is 5.75 Å². The van der Waals surface area contributed by atoms with Gasteiger partial charge in [-0.15, -0.1) is 0 Å². The monoisotopic (exact) mass is 403 g/mol. The molecule has 0 aliphatic rings. The predicted octanol–water partition coefficient (Wildman–Crippen LogP) is 4.93. The SMILES string of the molecule is COc1ccc(N(C(C)c2ccccc2F)S(=O)(=O)c2ccc(F)cc2)cc1. The highest BCUT2D eigenvalue weighted by molar-refractivity contribution is 7.92. The van der Waals surface area contributed by atoms with E-state index in [-0.39, 0.29) is 10.5 Å². The number of sulfonamides is 1. The van der Waals surface area contributed by atoms with Crippen LogP contribution in [0.4, 0.5) is 14.5 Å². The Morgan fingerprint density at radius 2 is 1.50 bits per heavy atom. The fraction of sp³-hybridized carbons (Fsp3) is 0.143. The van der Waals surface area contributed by atoms with Crippen LogP contribution in [0.1, 0.15) is 18.5 Å². The van der Waals surface area contributed by atoms with Crippen molar-refractivity contribution >= 4 is 15.7 Å². The van der Waals surface area contributed by atoms with E-state index in [4.69, 9.17) is 4.74 Å². The third-order valence-electron chi connectivity index (χ3n) is 4.40. The molecule has 0 aromatic heterocycles. The lowest BCUT2D eigenvalue weighted by atomic mass is 10.1. The van der Waals surface area contributed by atoms with E-state index in [0.717, 1.165) is 16.4 Å². The standard InChI is InChI=1S/C21H19F2NO3S/c1-15(20-5-3-4-6-21(20)23)24(17-9-11-18(27-2)12-10-17)28(25,26)19-13-7-16(22)8-14-19/h3-15H,1-2H3. The van der Waals surface area contributed by atoms with E-state index in [1.807, 2.05) is 0 Å². The van der Waals surface area contributed by atoms with Crippen LogP contribution in [-0.2, 0) is 10.0 Å². The minimum absolute atomic E-state index is 0.0899. The van der Waals surface area contributed by atoms with Gasteiger partial charge in [-0.25, -0.2) is 17.2 Å². The van der Waals surface area contributed by atoms with Crippen molar-refractivity contribution in [2.45, 2.75) is 17.9 Å². The molecule has 0 aliphatic carbocycles. The second kappa shape index (κ2) is 7.98. The molecule has 0 aliphatic heterocycles. The van der Waals surface area contributed by atoms with Crippen molar-refractivity contribution in [2.75, 3.05) is 11.4 Å². The molecule has 4 nitrogen and oxygen atoms in total. The van der Waals surface area contributed by atoms with Gasteiger partial charge in [0, 0.05) is 5.56 Å². The van der Waals surface area contributed by atoms with E-state index >= 15 is 0 Å². The van der Waals surface area contributed by atoms with Gasteiger partial charge in [0.2, 0.25) is 0 Å². The fourth-order valence-corrected chi connectivity index (χ4v) is 4.60. The zero-order valence-electron chi connectivity index (χ0n) is 15.3. The Bertz CT molecular complexity index is 1050. The van der Waals surface area contributed by atoms with Crippen LogP contribution in [0.15, 0.2) is 77.7 Å². The summed E-state index contributed by atoms with van der Waals surface area (Å²) in [6, 6.07) is 16.1. The maximum atomic E-state index is 14.4. The molecule has 0 saturated carbocycles. The molecule has 7 heteroatoms. The van der Waals surface area contributed by atoms with Crippen molar-refractivity contribution in [3.8, 4) is 5.75 Å². The van der Waals surface area contributed by atoms with E-state index in [0.29, 0.717) is 11.4 Å². The normalized spacial score (nSPS) is 12.4. The van der Waals surface area contributed by atoms with Crippen LogP contribution in [0, 0.1) is 11.6 Å². The highest BCUT2D eigenvalue weighted by Gasteiger charge is 2.31. The van der Waals surface area contributed by atoms with Gasteiger partial charge in [-0.05, 0) is 61.5 Å². The predicted molar refractivity (Wildman–Crippen MR) is 104 cm³/mol. The van der Waals surface area contributed by atoms with Gasteiger partial charge >= 0.3 is 0 Å². The summed E-state index contributed by atoms with van der Waals surface area (Å²) >= 11 is 0. The molecule has 3 rings (SSSR count). The number of anilines is 1. The Balaban J connectivity index is 2.15. The quantitative estimate of drug-likeness (QED) is 0.586. The first-order chi connectivity index (χ1) is 13.3. The zero-order valence-corrected chi connectivity index (χ0v) is 16.2. The largest absolute Gasteiger partial charge is 0.497 e. The van der Waals surface area contributed by atoms with Crippen LogP contribution in [0.2, 0.25) is 0 Å². The summed E-state index contributed by atoms with van der Waals surface area (Å²) in [4.78, 5) is -0.0899.